The molecular weight excluding hydrogens is 697 g/mol. The zero-order valence-electron chi connectivity index (χ0n) is 37.7. The molecule has 0 aliphatic carbocycles. The second-order valence-corrected chi connectivity index (χ2v) is 16.6. The monoisotopic (exact) mass is 793 g/mol. The quantitative estimate of drug-likeness (QED) is 0.0537. The molecule has 2 heterocycles. The zero-order chi connectivity index (χ0) is 41.0. The number of unbranched alkanes of at least 4 members (excludes halogenated alkanes) is 30. The fourth-order valence-corrected chi connectivity index (χ4v) is 7.92. The third kappa shape index (κ3) is 37.9. The average Bonchev–Trinajstić information content (AvgIpc) is 3.83. The lowest BCUT2D eigenvalue weighted by molar-refractivity contribution is -0.134. The number of carbonyl (C=O) groups is 1. The van der Waals surface area contributed by atoms with Crippen molar-refractivity contribution in [1.29, 1.82) is 0 Å². The molecule has 8 heteroatoms. The molecule has 0 radical (unpaired) electrons. The average molecular weight is 793 g/mol. The van der Waals surface area contributed by atoms with Crippen LogP contribution in [0.2, 0.25) is 0 Å². The van der Waals surface area contributed by atoms with E-state index in [1.807, 2.05) is 0 Å². The minimum Gasteiger partial charge on any atom is -0.481 e. The Morgan fingerprint density at radius 2 is 0.661 bits per heavy atom. The number of carboxylic acid groups (broad SMARTS) is 1. The number of carboxylic acids is 1. The lowest BCUT2D eigenvalue weighted by atomic mass is 10.0. The van der Waals surface area contributed by atoms with Gasteiger partial charge < -0.3 is 25.1 Å². The van der Waals surface area contributed by atoms with E-state index in [0.29, 0.717) is 0 Å². The van der Waals surface area contributed by atoms with E-state index in [2.05, 4.69) is 33.6 Å². The first-order chi connectivity index (χ1) is 27.5. The first kappa shape index (κ1) is 54.3. The Kier molecular flexibility index (Phi) is 43.1. The molecule has 2 aliphatic rings. The van der Waals surface area contributed by atoms with Gasteiger partial charge in [-0.05, 0) is 12.8 Å². The summed E-state index contributed by atoms with van der Waals surface area (Å²) in [5.74, 6) is 1.65. The lowest BCUT2D eigenvalue weighted by Gasteiger charge is -2.18. The maximum atomic E-state index is 9.06. The van der Waals surface area contributed by atoms with Crippen LogP contribution < -0.4 is 0 Å². The molecule has 2 rings (SSSR count). The summed E-state index contributed by atoms with van der Waals surface area (Å²) < 4.78 is 0. The first-order valence-corrected chi connectivity index (χ1v) is 24.5. The van der Waals surface area contributed by atoms with Gasteiger partial charge in [0.15, 0.2) is 0 Å². The van der Waals surface area contributed by atoms with Crippen LogP contribution in [0.4, 0.5) is 0 Å². The highest BCUT2D eigenvalue weighted by atomic mass is 16.4. The maximum absolute atomic E-state index is 9.06. The van der Waals surface area contributed by atoms with Crippen molar-refractivity contribution < 1.29 is 20.1 Å². The summed E-state index contributed by atoms with van der Waals surface area (Å²) in [6.07, 6.45) is 47.6. The van der Waals surface area contributed by atoms with Gasteiger partial charge in [-0.25, -0.2) is 0 Å². The number of amidine groups is 2. The van der Waals surface area contributed by atoms with Crippen molar-refractivity contribution in [3.63, 3.8) is 0 Å². The molecule has 0 saturated heterocycles. The van der Waals surface area contributed by atoms with Crippen molar-refractivity contribution in [2.24, 2.45) is 9.98 Å². The third-order valence-corrected chi connectivity index (χ3v) is 11.3. The van der Waals surface area contributed by atoms with Gasteiger partial charge in [0.1, 0.15) is 0 Å². The Morgan fingerprint density at radius 3 is 0.875 bits per heavy atom. The van der Waals surface area contributed by atoms with Crippen LogP contribution >= 0.6 is 0 Å². The van der Waals surface area contributed by atoms with Crippen molar-refractivity contribution >= 4 is 17.6 Å². The van der Waals surface area contributed by atoms with E-state index in [1.54, 1.807) is 0 Å². The Morgan fingerprint density at radius 1 is 0.446 bits per heavy atom. The molecule has 0 aromatic rings. The molecule has 0 fully saturated rings. The van der Waals surface area contributed by atoms with Crippen LogP contribution in [0.15, 0.2) is 9.98 Å². The second-order valence-electron chi connectivity index (χ2n) is 16.6. The summed E-state index contributed by atoms with van der Waals surface area (Å²) in [6.45, 7) is 11.6. The highest BCUT2D eigenvalue weighted by molar-refractivity contribution is 5.84. The summed E-state index contributed by atoms with van der Waals surface area (Å²) in [7, 11) is 0. The van der Waals surface area contributed by atoms with Crippen LogP contribution in [0.25, 0.3) is 0 Å². The predicted molar refractivity (Wildman–Crippen MR) is 244 cm³/mol. The van der Waals surface area contributed by atoms with Crippen molar-refractivity contribution in [2.75, 3.05) is 52.5 Å². The predicted octanol–water partition coefficient (Wildman–Crippen LogP) is 12.8. The normalized spacial score (nSPS) is 13.7. The smallest absolute Gasteiger partial charge is 0.300 e. The van der Waals surface area contributed by atoms with Crippen molar-refractivity contribution in [1.82, 2.24) is 9.80 Å². The minimum absolute atomic E-state index is 0.248. The van der Waals surface area contributed by atoms with Crippen LogP contribution in [-0.4, -0.2) is 95.2 Å². The molecule has 0 atom stereocenters. The number of nitrogens with zero attached hydrogens (tertiary/aromatic N) is 4. The molecule has 3 N–H and O–H groups in total. The number of β-amino-alcohol motifs (C(OH)–C–C–N with tert-alkyl or cyclic N) is 2. The summed E-state index contributed by atoms with van der Waals surface area (Å²) in [4.78, 5) is 22.7. The molecule has 0 spiro atoms. The number of aliphatic imine (C=N–C) groups is 2. The maximum Gasteiger partial charge on any atom is 0.300 e. The molecule has 0 aromatic heterocycles. The van der Waals surface area contributed by atoms with E-state index >= 15 is 0 Å². The van der Waals surface area contributed by atoms with Crippen molar-refractivity contribution in [2.45, 2.75) is 239 Å². The number of rotatable bonds is 38. The Bertz CT molecular complexity index is 815. The fraction of sp³-hybridized carbons (Fsp3) is 0.938. The van der Waals surface area contributed by atoms with Crippen LogP contribution in [-0.2, 0) is 4.79 Å². The zero-order valence-corrected chi connectivity index (χ0v) is 37.7. The molecule has 0 amide bonds. The van der Waals surface area contributed by atoms with Crippen molar-refractivity contribution in [3.8, 4) is 0 Å². The van der Waals surface area contributed by atoms with Gasteiger partial charge in [-0.3, -0.25) is 14.8 Å². The highest BCUT2D eigenvalue weighted by Gasteiger charge is 2.16. The van der Waals surface area contributed by atoms with E-state index in [9.17, 15) is 0 Å². The summed E-state index contributed by atoms with van der Waals surface area (Å²) in [5, 5.41) is 25.5. The van der Waals surface area contributed by atoms with Gasteiger partial charge in [0, 0.05) is 45.9 Å². The second kappa shape index (κ2) is 44.4. The molecule has 2 aliphatic heterocycles. The summed E-state index contributed by atoms with van der Waals surface area (Å²) >= 11 is 0. The molecule has 0 saturated carbocycles. The molecule has 0 aromatic carbocycles. The van der Waals surface area contributed by atoms with Crippen LogP contribution in [0, 0.1) is 0 Å². The minimum atomic E-state index is -0.833. The standard InChI is InChI=1S/2C23H46N2O.C2H4O2/c2*1-2-3-4-5-6-7-8-9-10-11-12-13-14-15-16-17-18-23-24-19-20-25(23)21-22-26;1-2(3)4/h2*26H,2-22H2,1H3;1H3,(H,3,4). The first-order valence-electron chi connectivity index (χ1n) is 24.5. The van der Waals surface area contributed by atoms with E-state index in [1.165, 1.54) is 217 Å². The number of aliphatic hydroxyl groups excluding tert-OH is 2. The molecule has 56 heavy (non-hydrogen) atoms. The van der Waals surface area contributed by atoms with Gasteiger partial charge in [-0.15, -0.1) is 0 Å². The number of aliphatic carboxylic acids is 1. The number of hydrogen-bond donors (Lipinski definition) is 3. The summed E-state index contributed by atoms with van der Waals surface area (Å²) in [5.41, 5.74) is 0. The van der Waals surface area contributed by atoms with Gasteiger partial charge in [0.2, 0.25) is 0 Å². The Hall–Kier alpha value is -1.67. The number of aliphatic hydroxyl groups is 2. The topological polar surface area (TPSA) is 109 Å². The third-order valence-electron chi connectivity index (χ3n) is 11.3. The van der Waals surface area contributed by atoms with Gasteiger partial charge in [-0.2, -0.15) is 0 Å². The lowest BCUT2D eigenvalue weighted by Crippen LogP contribution is -2.30. The number of hydrogen-bond acceptors (Lipinski definition) is 7. The van der Waals surface area contributed by atoms with Crippen LogP contribution in [0.3, 0.4) is 0 Å². The molecule has 332 valence electrons. The largest absolute Gasteiger partial charge is 0.481 e. The summed E-state index contributed by atoms with van der Waals surface area (Å²) in [6, 6.07) is 0. The molecular formula is C48H96N4O4. The van der Waals surface area contributed by atoms with Crippen LogP contribution in [0.1, 0.15) is 239 Å². The van der Waals surface area contributed by atoms with Crippen LogP contribution in [0.5, 0.6) is 0 Å². The molecule has 8 nitrogen and oxygen atoms in total. The van der Waals surface area contributed by atoms with E-state index in [-0.39, 0.29) is 13.2 Å². The van der Waals surface area contributed by atoms with E-state index < -0.39 is 5.97 Å². The Balaban J connectivity index is 0.000000985. The van der Waals surface area contributed by atoms with Gasteiger partial charge in [-0.1, -0.05) is 206 Å². The highest BCUT2D eigenvalue weighted by Crippen LogP contribution is 2.17. The SMILES string of the molecule is CC(=O)O.CCCCCCCCCCCCCCCCCCC1=NCCN1CCO.CCCCCCCCCCCCCCCCCCC1=NCCN1CCO. The van der Waals surface area contributed by atoms with Gasteiger partial charge >= 0.3 is 0 Å². The van der Waals surface area contributed by atoms with Crippen molar-refractivity contribution in [3.05, 3.63) is 0 Å². The van der Waals surface area contributed by atoms with E-state index in [0.717, 1.165) is 59.0 Å². The fourth-order valence-electron chi connectivity index (χ4n) is 7.92. The van der Waals surface area contributed by atoms with Gasteiger partial charge in [0.25, 0.3) is 5.97 Å². The molecule has 0 unspecified atom stereocenters. The van der Waals surface area contributed by atoms with E-state index in [4.69, 9.17) is 20.1 Å². The Labute approximate surface area is 348 Å². The molecule has 0 bridgehead atoms. The van der Waals surface area contributed by atoms with Gasteiger partial charge in [0.05, 0.1) is 38.0 Å².